The molecule has 0 bridgehead atoms. The highest BCUT2D eigenvalue weighted by Gasteiger charge is 2.19. The van der Waals surface area contributed by atoms with Crippen LogP contribution in [-0.4, -0.2) is 16.5 Å². The molecule has 0 spiro atoms. The molecular formula is C12H13N3S. The Morgan fingerprint density at radius 1 is 1.44 bits per heavy atom. The maximum atomic E-state index is 4.68. The van der Waals surface area contributed by atoms with Gasteiger partial charge in [0.05, 0.1) is 11.7 Å². The van der Waals surface area contributed by atoms with E-state index in [-0.39, 0.29) is 0 Å². The molecule has 1 N–H and O–H groups in total. The first kappa shape index (κ1) is 9.93. The molecule has 3 nitrogen and oxygen atoms in total. The van der Waals surface area contributed by atoms with Crippen LogP contribution in [0.25, 0.3) is 10.6 Å². The second-order valence-corrected chi connectivity index (χ2v) is 4.83. The van der Waals surface area contributed by atoms with Crippen molar-refractivity contribution in [2.75, 3.05) is 6.54 Å². The third kappa shape index (κ3) is 1.86. The molecule has 1 aliphatic heterocycles. The summed E-state index contributed by atoms with van der Waals surface area (Å²) in [5.74, 6) is 0. The smallest absolute Gasteiger partial charge is 0.125 e. The SMILES string of the molecule is c1cncc(-c2nc([C@@H]3CCCN3)cs2)c1. The van der Waals surface area contributed by atoms with Crippen molar-refractivity contribution in [2.45, 2.75) is 18.9 Å². The zero-order chi connectivity index (χ0) is 10.8. The van der Waals surface area contributed by atoms with Crippen LogP contribution >= 0.6 is 11.3 Å². The Kier molecular flexibility index (Phi) is 2.68. The topological polar surface area (TPSA) is 37.8 Å². The maximum absolute atomic E-state index is 4.68. The van der Waals surface area contributed by atoms with Gasteiger partial charge in [-0.15, -0.1) is 11.3 Å². The molecular weight excluding hydrogens is 218 g/mol. The fraction of sp³-hybridized carbons (Fsp3) is 0.333. The van der Waals surface area contributed by atoms with Crippen molar-refractivity contribution in [1.82, 2.24) is 15.3 Å². The van der Waals surface area contributed by atoms with E-state index in [1.807, 2.05) is 12.3 Å². The van der Waals surface area contributed by atoms with Crippen molar-refractivity contribution < 1.29 is 0 Å². The number of rotatable bonds is 2. The van der Waals surface area contributed by atoms with Gasteiger partial charge in [0.2, 0.25) is 0 Å². The molecule has 82 valence electrons. The molecule has 2 aromatic rings. The van der Waals surface area contributed by atoms with Gasteiger partial charge in [-0.2, -0.15) is 0 Å². The Bertz CT molecular complexity index is 460. The van der Waals surface area contributed by atoms with Gasteiger partial charge in [0.15, 0.2) is 0 Å². The predicted octanol–water partition coefficient (Wildman–Crippen LogP) is 2.63. The molecule has 0 aliphatic carbocycles. The van der Waals surface area contributed by atoms with Gasteiger partial charge < -0.3 is 5.32 Å². The molecule has 2 aromatic heterocycles. The Morgan fingerprint density at radius 3 is 3.19 bits per heavy atom. The van der Waals surface area contributed by atoms with Crippen molar-refractivity contribution in [3.05, 3.63) is 35.6 Å². The Hall–Kier alpha value is -1.26. The second kappa shape index (κ2) is 4.31. The monoisotopic (exact) mass is 231 g/mol. The van der Waals surface area contributed by atoms with Crippen LogP contribution in [0.1, 0.15) is 24.6 Å². The third-order valence-electron chi connectivity index (χ3n) is 2.85. The van der Waals surface area contributed by atoms with Crippen LogP contribution in [0.5, 0.6) is 0 Å². The van der Waals surface area contributed by atoms with Crippen molar-refractivity contribution in [3.63, 3.8) is 0 Å². The summed E-state index contributed by atoms with van der Waals surface area (Å²) in [6.07, 6.45) is 6.11. The molecule has 0 saturated carbocycles. The van der Waals surface area contributed by atoms with E-state index in [1.165, 1.54) is 18.5 Å². The number of hydrogen-bond acceptors (Lipinski definition) is 4. The lowest BCUT2D eigenvalue weighted by molar-refractivity contribution is 0.632. The summed E-state index contributed by atoms with van der Waals surface area (Å²) < 4.78 is 0. The second-order valence-electron chi connectivity index (χ2n) is 3.97. The molecule has 0 unspecified atom stereocenters. The van der Waals surface area contributed by atoms with E-state index in [2.05, 4.69) is 26.7 Å². The number of thiazole rings is 1. The lowest BCUT2D eigenvalue weighted by Crippen LogP contribution is -2.12. The molecule has 0 radical (unpaired) electrons. The molecule has 1 saturated heterocycles. The van der Waals surface area contributed by atoms with Crippen LogP contribution in [0, 0.1) is 0 Å². The van der Waals surface area contributed by atoms with Gasteiger partial charge >= 0.3 is 0 Å². The Balaban J connectivity index is 1.87. The maximum Gasteiger partial charge on any atom is 0.125 e. The molecule has 1 aliphatic rings. The van der Waals surface area contributed by atoms with Crippen LogP contribution in [0.15, 0.2) is 29.9 Å². The molecule has 4 heteroatoms. The highest BCUT2D eigenvalue weighted by Crippen LogP contribution is 2.28. The minimum Gasteiger partial charge on any atom is -0.309 e. The summed E-state index contributed by atoms with van der Waals surface area (Å²) in [5, 5.41) is 6.69. The summed E-state index contributed by atoms with van der Waals surface area (Å²) in [6.45, 7) is 1.12. The first-order chi connectivity index (χ1) is 7.93. The van der Waals surface area contributed by atoms with E-state index in [4.69, 9.17) is 0 Å². The van der Waals surface area contributed by atoms with Gasteiger partial charge in [0.25, 0.3) is 0 Å². The predicted molar refractivity (Wildman–Crippen MR) is 65.3 cm³/mol. The molecule has 3 rings (SSSR count). The number of hydrogen-bond donors (Lipinski definition) is 1. The van der Waals surface area contributed by atoms with Crippen molar-refractivity contribution in [1.29, 1.82) is 0 Å². The Morgan fingerprint density at radius 2 is 2.44 bits per heavy atom. The molecule has 16 heavy (non-hydrogen) atoms. The summed E-state index contributed by atoms with van der Waals surface area (Å²) in [6, 6.07) is 4.46. The van der Waals surface area contributed by atoms with Crippen molar-refractivity contribution >= 4 is 11.3 Å². The number of aromatic nitrogens is 2. The van der Waals surface area contributed by atoms with E-state index in [0.29, 0.717) is 6.04 Å². The molecule has 1 atom stereocenters. The van der Waals surface area contributed by atoms with E-state index in [1.54, 1.807) is 17.5 Å². The normalized spacial score (nSPS) is 20.1. The van der Waals surface area contributed by atoms with Gasteiger partial charge in [0.1, 0.15) is 5.01 Å². The zero-order valence-corrected chi connectivity index (χ0v) is 9.70. The quantitative estimate of drug-likeness (QED) is 0.863. The summed E-state index contributed by atoms with van der Waals surface area (Å²) in [4.78, 5) is 8.80. The van der Waals surface area contributed by atoms with Gasteiger partial charge in [-0.3, -0.25) is 4.98 Å². The highest BCUT2D eigenvalue weighted by atomic mass is 32.1. The van der Waals surface area contributed by atoms with Gasteiger partial charge in [-0.25, -0.2) is 4.98 Å². The number of nitrogens with zero attached hydrogens (tertiary/aromatic N) is 2. The largest absolute Gasteiger partial charge is 0.309 e. The average Bonchev–Trinajstić information content (AvgIpc) is 3.01. The summed E-state index contributed by atoms with van der Waals surface area (Å²) >= 11 is 1.70. The molecule has 3 heterocycles. The van der Waals surface area contributed by atoms with Gasteiger partial charge in [-0.1, -0.05) is 0 Å². The Labute approximate surface area is 98.6 Å². The average molecular weight is 231 g/mol. The lowest BCUT2D eigenvalue weighted by atomic mass is 10.2. The standard InChI is InChI=1S/C12H13N3S/c1-3-9(7-13-5-1)12-15-11(8-16-12)10-4-2-6-14-10/h1,3,5,7-8,10,14H,2,4,6H2/t10-/m0/s1. The van der Waals surface area contributed by atoms with E-state index < -0.39 is 0 Å². The molecule has 0 aromatic carbocycles. The van der Waals surface area contributed by atoms with Crippen LogP contribution in [0.4, 0.5) is 0 Å². The van der Waals surface area contributed by atoms with Crippen molar-refractivity contribution in [3.8, 4) is 10.6 Å². The van der Waals surface area contributed by atoms with Crippen molar-refractivity contribution in [2.24, 2.45) is 0 Å². The van der Waals surface area contributed by atoms with Crippen LogP contribution in [0.2, 0.25) is 0 Å². The molecule has 0 amide bonds. The molecule has 1 fully saturated rings. The number of nitrogens with one attached hydrogen (secondary N) is 1. The van der Waals surface area contributed by atoms with Crippen LogP contribution < -0.4 is 5.32 Å². The summed E-state index contributed by atoms with van der Waals surface area (Å²) in [7, 11) is 0. The van der Waals surface area contributed by atoms with Crippen LogP contribution in [0.3, 0.4) is 0 Å². The minimum absolute atomic E-state index is 0.460. The van der Waals surface area contributed by atoms with E-state index >= 15 is 0 Å². The van der Waals surface area contributed by atoms with E-state index in [0.717, 1.165) is 17.1 Å². The fourth-order valence-electron chi connectivity index (χ4n) is 2.01. The third-order valence-corrected chi connectivity index (χ3v) is 3.76. The fourth-order valence-corrected chi connectivity index (χ4v) is 2.87. The summed E-state index contributed by atoms with van der Waals surface area (Å²) in [5.41, 5.74) is 2.29. The highest BCUT2D eigenvalue weighted by molar-refractivity contribution is 7.13. The van der Waals surface area contributed by atoms with Gasteiger partial charge in [0, 0.05) is 23.3 Å². The minimum atomic E-state index is 0.460. The first-order valence-electron chi connectivity index (χ1n) is 5.53. The first-order valence-corrected chi connectivity index (χ1v) is 6.40. The van der Waals surface area contributed by atoms with Crippen LogP contribution in [-0.2, 0) is 0 Å². The lowest BCUT2D eigenvalue weighted by Gasteiger charge is -2.04. The van der Waals surface area contributed by atoms with E-state index in [9.17, 15) is 0 Å². The van der Waals surface area contributed by atoms with Gasteiger partial charge in [-0.05, 0) is 31.5 Å². The zero-order valence-electron chi connectivity index (χ0n) is 8.89. The number of pyridine rings is 1.